The van der Waals surface area contributed by atoms with Gasteiger partial charge in [0.25, 0.3) is 0 Å². The van der Waals surface area contributed by atoms with E-state index in [1.807, 2.05) is 0 Å². The van der Waals surface area contributed by atoms with E-state index in [0.29, 0.717) is 5.92 Å². The molecule has 78 valence electrons. The quantitative estimate of drug-likeness (QED) is 0.663. The summed E-state index contributed by atoms with van der Waals surface area (Å²) in [6, 6.07) is 7.08. The lowest BCUT2D eigenvalue weighted by molar-refractivity contribution is 0.730. The van der Waals surface area contributed by atoms with E-state index in [4.69, 9.17) is 0 Å². The molecule has 1 unspecified atom stereocenters. The van der Waals surface area contributed by atoms with Gasteiger partial charge in [-0.3, -0.25) is 0 Å². The molecule has 0 amide bonds. The number of hydrogen-bond acceptors (Lipinski definition) is 0. The van der Waals surface area contributed by atoms with Gasteiger partial charge in [0.15, 0.2) is 0 Å². The first-order valence-corrected chi connectivity index (χ1v) is 5.83. The van der Waals surface area contributed by atoms with Crippen LogP contribution in [0.2, 0.25) is 0 Å². The Morgan fingerprint density at radius 1 is 0.929 bits per heavy atom. The van der Waals surface area contributed by atoms with Gasteiger partial charge in [-0.2, -0.15) is 0 Å². The van der Waals surface area contributed by atoms with Crippen LogP contribution in [0.4, 0.5) is 0 Å². The Labute approximate surface area is 88.4 Å². The molecule has 0 heteroatoms. The van der Waals surface area contributed by atoms with E-state index in [0.717, 1.165) is 12.8 Å². The van der Waals surface area contributed by atoms with Gasteiger partial charge in [0.1, 0.15) is 0 Å². The summed E-state index contributed by atoms with van der Waals surface area (Å²) in [5.74, 6) is 0.701. The molecule has 0 spiro atoms. The van der Waals surface area contributed by atoms with E-state index in [9.17, 15) is 0 Å². The lowest BCUT2D eigenvalue weighted by Crippen LogP contribution is -1.96. The smallest absolute Gasteiger partial charge is 0.0193 e. The fourth-order valence-corrected chi connectivity index (χ4v) is 1.72. The monoisotopic (exact) mass is 190 g/mol. The number of hydrogen-bond donors (Lipinski definition) is 0. The van der Waals surface area contributed by atoms with Crippen LogP contribution in [0.3, 0.4) is 0 Å². The van der Waals surface area contributed by atoms with Crippen molar-refractivity contribution < 1.29 is 0 Å². The zero-order valence-corrected chi connectivity index (χ0v) is 9.93. The van der Waals surface area contributed by atoms with Crippen molar-refractivity contribution in [3.63, 3.8) is 0 Å². The van der Waals surface area contributed by atoms with E-state index in [-0.39, 0.29) is 0 Å². The molecule has 0 N–H and O–H groups in total. The molecule has 0 heterocycles. The topological polar surface area (TPSA) is 0 Å². The first-order valence-electron chi connectivity index (χ1n) is 5.83. The summed E-state index contributed by atoms with van der Waals surface area (Å²) in [5.41, 5.74) is 4.49. The Morgan fingerprint density at radius 2 is 1.43 bits per heavy atom. The van der Waals surface area contributed by atoms with Gasteiger partial charge in [-0.15, -0.1) is 0 Å². The number of benzene rings is 1. The molecular formula is C14H22. The molecule has 0 aromatic heterocycles. The lowest BCUT2D eigenvalue weighted by atomic mass is 9.93. The van der Waals surface area contributed by atoms with Gasteiger partial charge in [-0.05, 0) is 41.9 Å². The molecule has 1 atom stereocenters. The molecule has 0 nitrogen and oxygen atoms in total. The van der Waals surface area contributed by atoms with Crippen molar-refractivity contribution in [1.82, 2.24) is 0 Å². The minimum Gasteiger partial charge on any atom is -0.0648 e. The fraction of sp³-hybridized carbons (Fsp3) is 0.571. The fourth-order valence-electron chi connectivity index (χ4n) is 1.72. The first kappa shape index (κ1) is 11.3. The highest BCUT2D eigenvalue weighted by Gasteiger charge is 2.05. The van der Waals surface area contributed by atoms with Crippen LogP contribution in [0.25, 0.3) is 0 Å². The second kappa shape index (κ2) is 5.19. The molecule has 0 aliphatic carbocycles. The van der Waals surface area contributed by atoms with Crippen LogP contribution in [0.5, 0.6) is 0 Å². The standard InChI is InChI=1S/C14H22/c1-5-11(4)14-9-12(6-2)8-13(7-3)10-14/h8-11H,5-7H2,1-4H3. The van der Waals surface area contributed by atoms with E-state index in [2.05, 4.69) is 45.9 Å². The van der Waals surface area contributed by atoms with Crippen molar-refractivity contribution in [2.24, 2.45) is 0 Å². The third-order valence-corrected chi connectivity index (χ3v) is 3.07. The highest BCUT2D eigenvalue weighted by molar-refractivity contribution is 5.32. The summed E-state index contributed by atoms with van der Waals surface area (Å²) in [7, 11) is 0. The van der Waals surface area contributed by atoms with Crippen LogP contribution in [0, 0.1) is 0 Å². The zero-order chi connectivity index (χ0) is 10.6. The summed E-state index contributed by atoms with van der Waals surface area (Å²) >= 11 is 0. The Hall–Kier alpha value is -0.780. The van der Waals surface area contributed by atoms with Gasteiger partial charge in [0, 0.05) is 0 Å². The van der Waals surface area contributed by atoms with Crippen molar-refractivity contribution in [2.45, 2.75) is 52.9 Å². The molecule has 0 saturated heterocycles. The molecule has 1 aromatic carbocycles. The summed E-state index contributed by atoms with van der Waals surface area (Å²) in [4.78, 5) is 0. The van der Waals surface area contributed by atoms with Crippen molar-refractivity contribution in [3.8, 4) is 0 Å². The highest BCUT2D eigenvalue weighted by atomic mass is 14.1. The SMILES string of the molecule is CCc1cc(CC)cc(C(C)CC)c1. The average molecular weight is 190 g/mol. The lowest BCUT2D eigenvalue weighted by Gasteiger charge is -2.12. The highest BCUT2D eigenvalue weighted by Crippen LogP contribution is 2.22. The number of aryl methyl sites for hydroxylation is 2. The van der Waals surface area contributed by atoms with Crippen molar-refractivity contribution in [2.75, 3.05) is 0 Å². The summed E-state index contributed by atoms with van der Waals surface area (Å²) in [6.45, 7) is 9.04. The maximum absolute atomic E-state index is 2.37. The molecule has 0 aliphatic heterocycles. The van der Waals surface area contributed by atoms with Gasteiger partial charge < -0.3 is 0 Å². The summed E-state index contributed by atoms with van der Waals surface area (Å²) < 4.78 is 0. The van der Waals surface area contributed by atoms with Crippen LogP contribution in [0.1, 0.15) is 56.7 Å². The average Bonchev–Trinajstić information content (AvgIpc) is 2.27. The predicted octanol–water partition coefficient (Wildman–Crippen LogP) is 4.32. The van der Waals surface area contributed by atoms with Crippen LogP contribution >= 0.6 is 0 Å². The minimum atomic E-state index is 0.701. The first-order chi connectivity index (χ1) is 6.71. The normalized spacial score (nSPS) is 12.9. The van der Waals surface area contributed by atoms with E-state index in [1.165, 1.54) is 23.1 Å². The Balaban J connectivity index is 3.04. The zero-order valence-electron chi connectivity index (χ0n) is 9.93. The third kappa shape index (κ3) is 2.60. The van der Waals surface area contributed by atoms with E-state index in [1.54, 1.807) is 0 Å². The summed E-state index contributed by atoms with van der Waals surface area (Å²) in [6.07, 6.45) is 3.53. The Kier molecular flexibility index (Phi) is 4.19. The molecular weight excluding hydrogens is 168 g/mol. The maximum Gasteiger partial charge on any atom is -0.0193 e. The van der Waals surface area contributed by atoms with E-state index >= 15 is 0 Å². The van der Waals surface area contributed by atoms with Crippen molar-refractivity contribution >= 4 is 0 Å². The van der Waals surface area contributed by atoms with Crippen molar-refractivity contribution in [3.05, 3.63) is 34.9 Å². The Bertz CT molecular complexity index is 264. The van der Waals surface area contributed by atoms with Crippen molar-refractivity contribution in [1.29, 1.82) is 0 Å². The largest absolute Gasteiger partial charge is 0.0648 e. The molecule has 1 rings (SSSR count). The maximum atomic E-state index is 2.37. The number of rotatable bonds is 4. The van der Waals surface area contributed by atoms with Crippen LogP contribution in [-0.2, 0) is 12.8 Å². The van der Waals surface area contributed by atoms with Crippen LogP contribution in [-0.4, -0.2) is 0 Å². The molecule has 0 saturated carbocycles. The molecule has 0 radical (unpaired) electrons. The molecule has 1 aromatic rings. The molecule has 0 aliphatic rings. The predicted molar refractivity (Wildman–Crippen MR) is 63.9 cm³/mol. The van der Waals surface area contributed by atoms with Crippen LogP contribution in [0.15, 0.2) is 18.2 Å². The second-order valence-electron chi connectivity index (χ2n) is 4.10. The van der Waals surface area contributed by atoms with Gasteiger partial charge in [-0.25, -0.2) is 0 Å². The van der Waals surface area contributed by atoms with E-state index < -0.39 is 0 Å². The molecule has 0 bridgehead atoms. The minimum absolute atomic E-state index is 0.701. The third-order valence-electron chi connectivity index (χ3n) is 3.07. The molecule has 0 fully saturated rings. The van der Waals surface area contributed by atoms with Crippen LogP contribution < -0.4 is 0 Å². The van der Waals surface area contributed by atoms with Gasteiger partial charge >= 0.3 is 0 Å². The second-order valence-corrected chi connectivity index (χ2v) is 4.10. The van der Waals surface area contributed by atoms with Gasteiger partial charge in [0.05, 0.1) is 0 Å². The molecule has 14 heavy (non-hydrogen) atoms. The Morgan fingerprint density at radius 3 is 1.79 bits per heavy atom. The van der Waals surface area contributed by atoms with Gasteiger partial charge in [0.2, 0.25) is 0 Å². The summed E-state index contributed by atoms with van der Waals surface area (Å²) in [5, 5.41) is 0. The van der Waals surface area contributed by atoms with Gasteiger partial charge in [-0.1, -0.05) is 45.9 Å².